The van der Waals surface area contributed by atoms with Gasteiger partial charge in [0.2, 0.25) is 0 Å². The largest absolute Gasteiger partial charge is 0.507 e. The predicted molar refractivity (Wildman–Crippen MR) is 74.6 cm³/mol. The molecule has 0 saturated heterocycles. The molecular weight excluding hydrogens is 208 g/mol. The second kappa shape index (κ2) is 4.36. The van der Waals surface area contributed by atoms with Crippen LogP contribution in [0.5, 0.6) is 5.75 Å². The summed E-state index contributed by atoms with van der Waals surface area (Å²) in [6.45, 7) is 16.7. The Bertz CT molecular complexity index is 368. The fraction of sp³-hybridized carbons (Fsp3) is 0.562. The maximum atomic E-state index is 10.5. The Balaban J connectivity index is 3.53. The molecule has 1 aromatic rings. The third-order valence-electron chi connectivity index (χ3n) is 3.07. The van der Waals surface area contributed by atoms with Crippen molar-refractivity contribution in [2.45, 2.75) is 58.8 Å². The van der Waals surface area contributed by atoms with Gasteiger partial charge >= 0.3 is 0 Å². The Labute approximate surface area is 106 Å². The molecule has 95 valence electrons. The van der Waals surface area contributed by atoms with Crippen molar-refractivity contribution in [2.24, 2.45) is 0 Å². The molecule has 1 rings (SSSR count). The van der Waals surface area contributed by atoms with Gasteiger partial charge in [0.15, 0.2) is 0 Å². The molecule has 1 aromatic carbocycles. The van der Waals surface area contributed by atoms with Crippen molar-refractivity contribution in [2.75, 3.05) is 0 Å². The molecule has 0 atom stereocenters. The average molecular weight is 233 g/mol. The van der Waals surface area contributed by atoms with Gasteiger partial charge < -0.3 is 5.11 Å². The molecule has 1 nitrogen and oxygen atoms in total. The zero-order valence-electron chi connectivity index (χ0n) is 12.0. The number of hydrogen-bond acceptors (Lipinski definition) is 1. The summed E-state index contributed by atoms with van der Waals surface area (Å²) in [5, 5.41) is 10.5. The smallest absolute Gasteiger partial charge is 0.123 e. The zero-order chi connectivity index (χ0) is 13.4. The molecule has 0 fully saturated rings. The van der Waals surface area contributed by atoms with Crippen LogP contribution in [0, 0.1) is 6.92 Å². The molecule has 0 aliphatic heterocycles. The van der Waals surface area contributed by atoms with Gasteiger partial charge in [0, 0.05) is 0 Å². The predicted octanol–water partition coefficient (Wildman–Crippen LogP) is 4.36. The van der Waals surface area contributed by atoms with E-state index in [-0.39, 0.29) is 10.8 Å². The highest BCUT2D eigenvalue weighted by Crippen LogP contribution is 2.39. The van der Waals surface area contributed by atoms with E-state index in [1.54, 1.807) is 0 Å². The minimum absolute atomic E-state index is 0.0464. The minimum Gasteiger partial charge on any atom is -0.507 e. The summed E-state index contributed by atoms with van der Waals surface area (Å²) in [5.74, 6) is 0.446. The monoisotopic (exact) mass is 233 g/mol. The van der Waals surface area contributed by atoms with E-state index in [4.69, 9.17) is 0 Å². The summed E-state index contributed by atoms with van der Waals surface area (Å²) in [6.07, 6.45) is 0.756. The maximum absolute atomic E-state index is 10.5. The SMILES string of the molecule is [CH2]Cc1cc(C(C)(C)C)c(O)c(C(C)(C)C)c1. The van der Waals surface area contributed by atoms with Gasteiger partial charge in [-0.15, -0.1) is 0 Å². The van der Waals surface area contributed by atoms with Crippen LogP contribution in [0.4, 0.5) is 0 Å². The maximum Gasteiger partial charge on any atom is 0.123 e. The van der Waals surface area contributed by atoms with Gasteiger partial charge in [0.1, 0.15) is 5.75 Å². The van der Waals surface area contributed by atoms with Crippen LogP contribution in [-0.4, -0.2) is 5.11 Å². The molecular formula is C16H25O. The Morgan fingerprint density at radius 1 is 0.941 bits per heavy atom. The molecule has 0 unspecified atom stereocenters. The fourth-order valence-corrected chi connectivity index (χ4v) is 1.98. The lowest BCUT2D eigenvalue weighted by Gasteiger charge is -2.28. The molecule has 0 saturated carbocycles. The summed E-state index contributed by atoms with van der Waals surface area (Å²) >= 11 is 0. The Hall–Kier alpha value is -0.980. The average Bonchev–Trinajstić information content (AvgIpc) is 2.14. The third-order valence-corrected chi connectivity index (χ3v) is 3.07. The molecule has 0 aliphatic carbocycles. The van der Waals surface area contributed by atoms with Crippen molar-refractivity contribution in [3.63, 3.8) is 0 Å². The summed E-state index contributed by atoms with van der Waals surface area (Å²) in [5.41, 5.74) is 3.13. The van der Waals surface area contributed by atoms with E-state index in [0.29, 0.717) is 5.75 Å². The molecule has 0 aromatic heterocycles. The summed E-state index contributed by atoms with van der Waals surface area (Å²) in [6, 6.07) is 4.16. The van der Waals surface area contributed by atoms with Crippen LogP contribution < -0.4 is 0 Å². The van der Waals surface area contributed by atoms with E-state index < -0.39 is 0 Å². The van der Waals surface area contributed by atoms with Crippen LogP contribution in [0.3, 0.4) is 0 Å². The lowest BCUT2D eigenvalue weighted by molar-refractivity contribution is 0.423. The van der Waals surface area contributed by atoms with Crippen LogP contribution in [-0.2, 0) is 17.3 Å². The van der Waals surface area contributed by atoms with Crippen LogP contribution in [0.2, 0.25) is 0 Å². The number of phenolic OH excluding ortho intramolecular Hbond substituents is 1. The second-order valence-corrected chi connectivity index (χ2v) is 6.79. The minimum atomic E-state index is -0.0464. The molecule has 0 amide bonds. The molecule has 17 heavy (non-hydrogen) atoms. The standard InChI is InChI=1S/C16H25O/c1-8-11-9-12(15(2,3)4)14(17)13(10-11)16(5,6)7/h9-10,17H,1,8H2,2-7H3. The first-order valence-electron chi connectivity index (χ1n) is 6.23. The van der Waals surface area contributed by atoms with Gasteiger partial charge in [-0.1, -0.05) is 53.7 Å². The number of phenols is 1. The van der Waals surface area contributed by atoms with Gasteiger partial charge in [0.05, 0.1) is 0 Å². The molecule has 0 bridgehead atoms. The highest BCUT2D eigenvalue weighted by molar-refractivity contribution is 5.49. The lowest BCUT2D eigenvalue weighted by Crippen LogP contribution is -2.17. The lowest BCUT2D eigenvalue weighted by atomic mass is 9.78. The third kappa shape index (κ3) is 3.02. The molecule has 1 radical (unpaired) electrons. The van der Waals surface area contributed by atoms with Crippen molar-refractivity contribution in [3.05, 3.63) is 35.7 Å². The first-order valence-corrected chi connectivity index (χ1v) is 6.23. The quantitative estimate of drug-likeness (QED) is 0.764. The van der Waals surface area contributed by atoms with Crippen LogP contribution >= 0.6 is 0 Å². The van der Waals surface area contributed by atoms with E-state index in [0.717, 1.165) is 17.5 Å². The highest BCUT2D eigenvalue weighted by atomic mass is 16.3. The Morgan fingerprint density at radius 2 is 1.29 bits per heavy atom. The molecule has 1 heteroatoms. The molecule has 1 N–H and O–H groups in total. The van der Waals surface area contributed by atoms with Gasteiger partial charge in [-0.2, -0.15) is 0 Å². The summed E-state index contributed by atoms with van der Waals surface area (Å²) < 4.78 is 0. The summed E-state index contributed by atoms with van der Waals surface area (Å²) in [4.78, 5) is 0. The van der Waals surface area contributed by atoms with E-state index >= 15 is 0 Å². The molecule has 0 heterocycles. The van der Waals surface area contributed by atoms with Crippen LogP contribution in [0.15, 0.2) is 12.1 Å². The number of benzene rings is 1. The topological polar surface area (TPSA) is 20.2 Å². The Kier molecular flexibility index (Phi) is 3.61. The van der Waals surface area contributed by atoms with Crippen LogP contribution in [0.25, 0.3) is 0 Å². The van der Waals surface area contributed by atoms with Crippen molar-refractivity contribution in [1.29, 1.82) is 0 Å². The van der Waals surface area contributed by atoms with Gasteiger partial charge in [-0.3, -0.25) is 0 Å². The molecule has 0 spiro atoms. The van der Waals surface area contributed by atoms with Gasteiger partial charge in [-0.05, 0) is 40.9 Å². The highest BCUT2D eigenvalue weighted by Gasteiger charge is 2.26. The first kappa shape index (κ1) is 14.1. The zero-order valence-corrected chi connectivity index (χ0v) is 12.0. The summed E-state index contributed by atoms with van der Waals surface area (Å²) in [7, 11) is 0. The molecule has 0 aliphatic rings. The van der Waals surface area contributed by atoms with Crippen molar-refractivity contribution < 1.29 is 5.11 Å². The van der Waals surface area contributed by atoms with Crippen molar-refractivity contribution >= 4 is 0 Å². The first-order chi connectivity index (χ1) is 7.57. The van der Waals surface area contributed by atoms with Gasteiger partial charge in [-0.25, -0.2) is 0 Å². The van der Waals surface area contributed by atoms with E-state index in [1.807, 2.05) is 0 Å². The Morgan fingerprint density at radius 3 is 1.53 bits per heavy atom. The normalized spacial score (nSPS) is 12.9. The number of hydrogen-bond donors (Lipinski definition) is 1. The fourth-order valence-electron chi connectivity index (χ4n) is 1.98. The number of aromatic hydroxyl groups is 1. The second-order valence-electron chi connectivity index (χ2n) is 6.79. The van der Waals surface area contributed by atoms with Crippen molar-refractivity contribution in [1.82, 2.24) is 0 Å². The van der Waals surface area contributed by atoms with E-state index in [1.165, 1.54) is 5.56 Å². The van der Waals surface area contributed by atoms with Gasteiger partial charge in [0.25, 0.3) is 0 Å². The van der Waals surface area contributed by atoms with Crippen molar-refractivity contribution in [3.8, 4) is 5.75 Å². The number of rotatable bonds is 1. The van der Waals surface area contributed by atoms with E-state index in [9.17, 15) is 5.11 Å². The van der Waals surface area contributed by atoms with Crippen LogP contribution in [0.1, 0.15) is 58.2 Å². The van der Waals surface area contributed by atoms with E-state index in [2.05, 4.69) is 60.6 Å².